The molecule has 1 aromatic carbocycles. The largest absolute Gasteiger partial charge is 0.497 e. The molecule has 1 fully saturated rings. The van der Waals surface area contributed by atoms with Crippen LogP contribution < -0.4 is 4.74 Å². The van der Waals surface area contributed by atoms with E-state index in [9.17, 15) is 0 Å². The molecule has 26 heavy (non-hydrogen) atoms. The first kappa shape index (κ1) is 17.6. The van der Waals surface area contributed by atoms with E-state index in [1.807, 2.05) is 17.4 Å². The standard InChI is InChI=1S/C21H27N3OS/c1-22(2)21-14-24(11-16-6-5-9-26-16)13-19(21)18-12-23(3)20-8-7-15(25-4)10-17(18)20/h5-10,12,19,21H,11,13-14H2,1-4H3/t19-,21+/m0/s1. The summed E-state index contributed by atoms with van der Waals surface area (Å²) in [7, 11) is 8.29. The molecule has 0 bridgehead atoms. The number of rotatable bonds is 5. The molecule has 138 valence electrons. The highest BCUT2D eigenvalue weighted by molar-refractivity contribution is 7.09. The van der Waals surface area contributed by atoms with E-state index in [4.69, 9.17) is 4.74 Å². The molecular formula is C21H27N3OS. The molecule has 0 spiro atoms. The van der Waals surface area contributed by atoms with Crippen LogP contribution in [0, 0.1) is 0 Å². The van der Waals surface area contributed by atoms with Crippen LogP contribution in [-0.4, -0.2) is 54.7 Å². The van der Waals surface area contributed by atoms with Crippen LogP contribution in [0.3, 0.4) is 0 Å². The number of methoxy groups -OCH3 is 1. The van der Waals surface area contributed by atoms with E-state index in [0.29, 0.717) is 12.0 Å². The Bertz CT molecular complexity index is 884. The summed E-state index contributed by atoms with van der Waals surface area (Å²) >= 11 is 1.85. The molecule has 0 N–H and O–H groups in total. The third-order valence-electron chi connectivity index (χ3n) is 5.61. The highest BCUT2D eigenvalue weighted by atomic mass is 32.1. The van der Waals surface area contributed by atoms with Gasteiger partial charge in [0.2, 0.25) is 0 Å². The number of aryl methyl sites for hydroxylation is 1. The number of hydrogen-bond donors (Lipinski definition) is 0. The number of likely N-dealkylation sites (tertiary alicyclic amines) is 1. The Morgan fingerprint density at radius 3 is 2.77 bits per heavy atom. The van der Waals surface area contributed by atoms with Gasteiger partial charge in [0.05, 0.1) is 7.11 Å². The highest BCUT2D eigenvalue weighted by Gasteiger charge is 2.36. The summed E-state index contributed by atoms with van der Waals surface area (Å²) in [5, 5.41) is 3.49. The van der Waals surface area contributed by atoms with Gasteiger partial charge in [0.15, 0.2) is 0 Å². The van der Waals surface area contributed by atoms with Gasteiger partial charge >= 0.3 is 0 Å². The van der Waals surface area contributed by atoms with Crippen molar-refractivity contribution in [1.82, 2.24) is 14.4 Å². The normalized spacial score (nSPS) is 21.1. The Morgan fingerprint density at radius 2 is 2.08 bits per heavy atom. The molecule has 0 aliphatic carbocycles. The average molecular weight is 370 g/mol. The summed E-state index contributed by atoms with van der Waals surface area (Å²) in [5.41, 5.74) is 2.71. The van der Waals surface area contributed by atoms with Gasteiger partial charge in [-0.3, -0.25) is 4.90 Å². The van der Waals surface area contributed by atoms with Gasteiger partial charge in [-0.05, 0) is 49.3 Å². The van der Waals surface area contributed by atoms with Crippen molar-refractivity contribution in [3.05, 3.63) is 52.3 Å². The van der Waals surface area contributed by atoms with Crippen molar-refractivity contribution >= 4 is 22.2 Å². The lowest BCUT2D eigenvalue weighted by molar-refractivity contribution is 0.261. The summed E-state index contributed by atoms with van der Waals surface area (Å²) in [6.45, 7) is 3.25. The van der Waals surface area contributed by atoms with Crippen LogP contribution in [0.2, 0.25) is 0 Å². The second kappa shape index (κ2) is 7.06. The first-order chi connectivity index (χ1) is 12.6. The van der Waals surface area contributed by atoms with Gasteiger partial charge in [0.25, 0.3) is 0 Å². The lowest BCUT2D eigenvalue weighted by atomic mass is 9.93. The molecule has 2 atom stereocenters. The molecule has 0 amide bonds. The molecule has 1 aliphatic heterocycles. The number of likely N-dealkylation sites (N-methyl/N-ethyl adjacent to an activating group) is 1. The van der Waals surface area contributed by atoms with Crippen molar-refractivity contribution < 1.29 is 4.74 Å². The third-order valence-corrected chi connectivity index (χ3v) is 6.48. The lowest BCUT2D eigenvalue weighted by Gasteiger charge is -2.25. The molecule has 1 saturated heterocycles. The highest BCUT2D eigenvalue weighted by Crippen LogP contribution is 2.37. The maximum Gasteiger partial charge on any atom is 0.119 e. The van der Waals surface area contributed by atoms with E-state index in [1.54, 1.807) is 7.11 Å². The number of thiophene rings is 1. The molecule has 0 radical (unpaired) electrons. The summed E-state index contributed by atoms with van der Waals surface area (Å²) in [6.07, 6.45) is 2.32. The van der Waals surface area contributed by atoms with Crippen LogP contribution in [0.15, 0.2) is 41.9 Å². The number of aromatic nitrogens is 1. The Morgan fingerprint density at radius 1 is 1.23 bits per heavy atom. The van der Waals surface area contributed by atoms with Gasteiger partial charge in [-0.25, -0.2) is 0 Å². The zero-order valence-electron chi connectivity index (χ0n) is 16.0. The predicted octanol–water partition coefficient (Wildman–Crippen LogP) is 3.78. The average Bonchev–Trinajstić information content (AvgIpc) is 3.34. The second-order valence-electron chi connectivity index (χ2n) is 7.49. The minimum atomic E-state index is 0.501. The topological polar surface area (TPSA) is 20.6 Å². The van der Waals surface area contributed by atoms with Crippen molar-refractivity contribution in [3.8, 4) is 5.75 Å². The van der Waals surface area contributed by atoms with Gasteiger partial charge in [-0.2, -0.15) is 0 Å². The summed E-state index contributed by atoms with van der Waals surface area (Å²) in [6, 6.07) is 11.3. The second-order valence-corrected chi connectivity index (χ2v) is 8.52. The fourth-order valence-corrected chi connectivity index (χ4v) is 5.02. The van der Waals surface area contributed by atoms with Crippen LogP contribution in [0.1, 0.15) is 16.4 Å². The van der Waals surface area contributed by atoms with Crippen LogP contribution in [0.5, 0.6) is 5.75 Å². The van der Waals surface area contributed by atoms with E-state index in [1.165, 1.54) is 21.3 Å². The van der Waals surface area contributed by atoms with Gasteiger partial charge in [-0.15, -0.1) is 11.3 Å². The third kappa shape index (κ3) is 3.15. The Hall–Kier alpha value is -1.82. The monoisotopic (exact) mass is 369 g/mol. The Labute approximate surface area is 159 Å². The molecule has 1 aliphatic rings. The van der Waals surface area contributed by atoms with Crippen LogP contribution in [0.25, 0.3) is 10.9 Å². The summed E-state index contributed by atoms with van der Waals surface area (Å²) in [5.74, 6) is 1.43. The van der Waals surface area contributed by atoms with E-state index < -0.39 is 0 Å². The van der Waals surface area contributed by atoms with Crippen molar-refractivity contribution in [2.45, 2.75) is 18.5 Å². The van der Waals surface area contributed by atoms with Gasteiger partial charge in [-0.1, -0.05) is 6.07 Å². The Kier molecular flexibility index (Phi) is 4.78. The van der Waals surface area contributed by atoms with Crippen molar-refractivity contribution in [2.24, 2.45) is 7.05 Å². The predicted molar refractivity (Wildman–Crippen MR) is 109 cm³/mol. The molecular weight excluding hydrogens is 342 g/mol. The van der Waals surface area contributed by atoms with E-state index in [0.717, 1.165) is 25.4 Å². The fraction of sp³-hybridized carbons (Fsp3) is 0.429. The van der Waals surface area contributed by atoms with Crippen LogP contribution in [-0.2, 0) is 13.6 Å². The van der Waals surface area contributed by atoms with Crippen molar-refractivity contribution in [2.75, 3.05) is 34.3 Å². The number of fused-ring (bicyclic) bond motifs is 1. The number of benzene rings is 1. The minimum Gasteiger partial charge on any atom is -0.497 e. The van der Waals surface area contributed by atoms with Gasteiger partial charge in [0.1, 0.15) is 5.75 Å². The molecule has 3 aromatic rings. The van der Waals surface area contributed by atoms with E-state index in [-0.39, 0.29) is 0 Å². The molecule has 3 heterocycles. The van der Waals surface area contributed by atoms with E-state index >= 15 is 0 Å². The number of ether oxygens (including phenoxy) is 1. The minimum absolute atomic E-state index is 0.501. The lowest BCUT2D eigenvalue weighted by Crippen LogP contribution is -2.34. The maximum atomic E-state index is 5.49. The summed E-state index contributed by atoms with van der Waals surface area (Å²) in [4.78, 5) is 6.43. The quantitative estimate of drug-likeness (QED) is 0.683. The first-order valence-electron chi connectivity index (χ1n) is 9.11. The first-order valence-corrected chi connectivity index (χ1v) is 9.99. The smallest absolute Gasteiger partial charge is 0.119 e. The van der Waals surface area contributed by atoms with Gasteiger partial charge < -0.3 is 14.2 Å². The zero-order chi connectivity index (χ0) is 18.3. The van der Waals surface area contributed by atoms with Crippen molar-refractivity contribution in [3.63, 3.8) is 0 Å². The van der Waals surface area contributed by atoms with Crippen LogP contribution >= 0.6 is 11.3 Å². The molecule has 0 saturated carbocycles. The zero-order valence-corrected chi connectivity index (χ0v) is 16.8. The van der Waals surface area contributed by atoms with Crippen LogP contribution in [0.4, 0.5) is 0 Å². The fourth-order valence-electron chi connectivity index (χ4n) is 4.27. The van der Waals surface area contributed by atoms with Gasteiger partial charge in [0, 0.05) is 60.6 Å². The SMILES string of the molecule is COc1ccc2c(c1)c([C@@H]1CN(Cc3cccs3)C[C@H]1N(C)C)cn2C. The van der Waals surface area contributed by atoms with Crippen molar-refractivity contribution in [1.29, 1.82) is 0 Å². The molecule has 4 rings (SSSR count). The summed E-state index contributed by atoms with van der Waals surface area (Å²) < 4.78 is 7.73. The maximum absolute atomic E-state index is 5.49. The van der Waals surface area contributed by atoms with E-state index in [2.05, 4.69) is 71.4 Å². The molecule has 4 nitrogen and oxygen atoms in total. The molecule has 2 aromatic heterocycles. The Balaban J connectivity index is 1.69. The number of nitrogens with zero attached hydrogens (tertiary/aromatic N) is 3. The molecule has 0 unspecified atom stereocenters. The molecule has 5 heteroatoms. The number of hydrogen-bond acceptors (Lipinski definition) is 4.